The molecular weight excluding hydrogens is 585 g/mol. The van der Waals surface area contributed by atoms with Crippen molar-refractivity contribution >= 4 is 69.3 Å². The molecule has 0 aromatic heterocycles. The Balaban J connectivity index is 1.28. The van der Waals surface area contributed by atoms with Crippen LogP contribution in [0.5, 0.6) is 0 Å². The maximum Gasteiger partial charge on any atom is 0.272 e. The lowest BCUT2D eigenvalue weighted by molar-refractivity contribution is -0.114. The lowest BCUT2D eigenvalue weighted by Crippen LogP contribution is -2.30. The first kappa shape index (κ1) is 29.6. The Labute approximate surface area is 257 Å². The summed E-state index contributed by atoms with van der Waals surface area (Å²) in [7, 11) is 0. The summed E-state index contributed by atoms with van der Waals surface area (Å²) in [6.45, 7) is 0. The number of hydrogen-bond acceptors (Lipinski definition) is 4. The summed E-state index contributed by atoms with van der Waals surface area (Å²) in [5.41, 5.74) is 2.21. The molecule has 0 saturated heterocycles. The molecular formula is C34H25ClFN3O3S. The summed E-state index contributed by atoms with van der Waals surface area (Å²) in [5, 5.41) is 10.2. The van der Waals surface area contributed by atoms with E-state index in [9.17, 15) is 18.8 Å². The first-order valence-electron chi connectivity index (χ1n) is 13.2. The van der Waals surface area contributed by atoms with Crippen LogP contribution in [-0.4, -0.2) is 23.5 Å². The van der Waals surface area contributed by atoms with E-state index in [4.69, 9.17) is 11.6 Å². The number of thioether (sulfide) groups is 1. The number of nitrogens with one attached hydrogen (secondary N) is 3. The third kappa shape index (κ3) is 7.88. The summed E-state index contributed by atoms with van der Waals surface area (Å²) in [4.78, 5) is 39.6. The van der Waals surface area contributed by atoms with E-state index >= 15 is 0 Å². The number of carbonyl (C=O) groups is 3. The standard InChI is InChI=1S/C34H25ClFN3O3S/c35-29-20-26(15-18-30(29)36)37-32(40)21-43-27-16-13-25(14-17-27)38-34(42)31(39-33(41)23-8-2-1-3-9-23)19-24-11-6-10-22-7-4-5-12-28(22)24/h1-20H,21H2,(H,37,40)(H,38,42)(H,39,41)/b31-19-. The molecule has 43 heavy (non-hydrogen) atoms. The fraction of sp³-hybridized carbons (Fsp3) is 0.0294. The van der Waals surface area contributed by atoms with Crippen LogP contribution in [0.25, 0.3) is 16.8 Å². The van der Waals surface area contributed by atoms with E-state index in [0.29, 0.717) is 16.9 Å². The average molecular weight is 610 g/mol. The number of halogens is 2. The van der Waals surface area contributed by atoms with Crippen LogP contribution in [0.15, 0.2) is 126 Å². The fourth-order valence-electron chi connectivity index (χ4n) is 4.23. The Hall–Kier alpha value is -4.92. The molecule has 0 radical (unpaired) electrons. The van der Waals surface area contributed by atoms with Crippen molar-refractivity contribution in [3.05, 3.63) is 143 Å². The van der Waals surface area contributed by atoms with E-state index in [1.54, 1.807) is 54.6 Å². The van der Waals surface area contributed by atoms with Gasteiger partial charge in [-0.3, -0.25) is 14.4 Å². The molecule has 214 valence electrons. The molecule has 5 rings (SSSR count). The van der Waals surface area contributed by atoms with Gasteiger partial charge >= 0.3 is 0 Å². The maximum atomic E-state index is 13.5. The summed E-state index contributed by atoms with van der Waals surface area (Å²) < 4.78 is 13.3. The quantitative estimate of drug-likeness (QED) is 0.118. The Morgan fingerprint density at radius 2 is 1.47 bits per heavy atom. The van der Waals surface area contributed by atoms with Gasteiger partial charge in [0.2, 0.25) is 5.91 Å². The van der Waals surface area contributed by atoms with Gasteiger partial charge in [-0.15, -0.1) is 11.8 Å². The molecule has 5 aromatic carbocycles. The van der Waals surface area contributed by atoms with Gasteiger partial charge in [-0.25, -0.2) is 4.39 Å². The summed E-state index contributed by atoms with van der Waals surface area (Å²) in [6, 6.07) is 33.2. The number of anilines is 2. The monoisotopic (exact) mass is 609 g/mol. The molecule has 3 N–H and O–H groups in total. The van der Waals surface area contributed by atoms with E-state index in [1.165, 1.54) is 30.0 Å². The second kappa shape index (κ2) is 13.8. The summed E-state index contributed by atoms with van der Waals surface area (Å²) in [5.74, 6) is -1.62. The molecule has 9 heteroatoms. The SMILES string of the molecule is O=C(CSc1ccc(NC(=O)/C(=C/c2cccc3ccccc23)NC(=O)c2ccccc2)cc1)Nc1ccc(F)c(Cl)c1. The highest BCUT2D eigenvalue weighted by Crippen LogP contribution is 2.24. The van der Waals surface area contributed by atoms with E-state index in [2.05, 4.69) is 16.0 Å². The molecule has 0 aliphatic heterocycles. The smallest absolute Gasteiger partial charge is 0.272 e. The van der Waals surface area contributed by atoms with Crippen molar-refractivity contribution in [2.45, 2.75) is 4.90 Å². The van der Waals surface area contributed by atoms with E-state index < -0.39 is 17.6 Å². The maximum absolute atomic E-state index is 13.5. The fourth-order valence-corrected chi connectivity index (χ4v) is 5.11. The van der Waals surface area contributed by atoms with E-state index in [0.717, 1.165) is 21.2 Å². The predicted molar refractivity (Wildman–Crippen MR) is 172 cm³/mol. The lowest BCUT2D eigenvalue weighted by atomic mass is 10.0. The lowest BCUT2D eigenvalue weighted by Gasteiger charge is -2.12. The number of benzene rings is 5. The van der Waals surface area contributed by atoms with Crippen LogP contribution < -0.4 is 16.0 Å². The van der Waals surface area contributed by atoms with Gasteiger partial charge in [0.05, 0.1) is 10.8 Å². The van der Waals surface area contributed by atoms with Crippen molar-refractivity contribution in [2.75, 3.05) is 16.4 Å². The number of fused-ring (bicyclic) bond motifs is 1. The molecule has 0 spiro atoms. The molecule has 0 bridgehead atoms. The largest absolute Gasteiger partial charge is 0.325 e. The van der Waals surface area contributed by atoms with Crippen LogP contribution in [0.3, 0.4) is 0 Å². The van der Waals surface area contributed by atoms with Crippen LogP contribution in [0.4, 0.5) is 15.8 Å². The molecule has 0 unspecified atom stereocenters. The first-order valence-corrected chi connectivity index (χ1v) is 14.6. The van der Waals surface area contributed by atoms with Crippen molar-refractivity contribution in [1.29, 1.82) is 0 Å². The van der Waals surface area contributed by atoms with Crippen LogP contribution in [0.1, 0.15) is 15.9 Å². The molecule has 0 heterocycles. The first-order chi connectivity index (χ1) is 20.9. The second-order valence-corrected chi connectivity index (χ2v) is 10.8. The number of amides is 3. The van der Waals surface area contributed by atoms with Crippen molar-refractivity contribution in [2.24, 2.45) is 0 Å². The van der Waals surface area contributed by atoms with Crippen LogP contribution in [-0.2, 0) is 9.59 Å². The minimum absolute atomic E-state index is 0.0714. The third-order valence-electron chi connectivity index (χ3n) is 6.34. The van der Waals surface area contributed by atoms with Crippen LogP contribution in [0, 0.1) is 5.82 Å². The van der Waals surface area contributed by atoms with E-state index in [1.807, 2.05) is 48.5 Å². The second-order valence-electron chi connectivity index (χ2n) is 9.39. The predicted octanol–water partition coefficient (Wildman–Crippen LogP) is 7.77. The topological polar surface area (TPSA) is 87.3 Å². The Morgan fingerprint density at radius 1 is 0.767 bits per heavy atom. The van der Waals surface area contributed by atoms with E-state index in [-0.39, 0.29) is 22.4 Å². The van der Waals surface area contributed by atoms with Crippen molar-refractivity contribution < 1.29 is 18.8 Å². The molecule has 0 saturated carbocycles. The highest BCUT2D eigenvalue weighted by atomic mass is 35.5. The zero-order chi connectivity index (χ0) is 30.2. The molecule has 5 aromatic rings. The van der Waals surface area contributed by atoms with Gasteiger partial charge in [0.15, 0.2) is 0 Å². The minimum atomic E-state index is -0.559. The summed E-state index contributed by atoms with van der Waals surface area (Å²) in [6.07, 6.45) is 1.66. The molecule has 3 amide bonds. The highest BCUT2D eigenvalue weighted by molar-refractivity contribution is 8.00. The molecule has 0 fully saturated rings. The molecule has 0 aliphatic carbocycles. The number of carbonyl (C=O) groups excluding carboxylic acids is 3. The van der Waals surface area contributed by atoms with Crippen LogP contribution in [0.2, 0.25) is 5.02 Å². The molecule has 0 aliphatic rings. The van der Waals surface area contributed by atoms with Gasteiger partial charge < -0.3 is 16.0 Å². The van der Waals surface area contributed by atoms with Gasteiger partial charge in [-0.05, 0) is 77.0 Å². The minimum Gasteiger partial charge on any atom is -0.325 e. The average Bonchev–Trinajstić information content (AvgIpc) is 3.02. The van der Waals surface area contributed by atoms with Crippen LogP contribution >= 0.6 is 23.4 Å². The van der Waals surface area contributed by atoms with Crippen molar-refractivity contribution in [3.8, 4) is 0 Å². The normalized spacial score (nSPS) is 11.2. The third-order valence-corrected chi connectivity index (χ3v) is 7.64. The van der Waals surface area contributed by atoms with Gasteiger partial charge in [-0.2, -0.15) is 0 Å². The zero-order valence-corrected chi connectivity index (χ0v) is 24.2. The molecule has 0 atom stereocenters. The van der Waals surface area contributed by atoms with Gasteiger partial charge in [0.25, 0.3) is 11.8 Å². The number of hydrogen-bond donors (Lipinski definition) is 3. The Bertz CT molecular complexity index is 1820. The Kier molecular flexibility index (Phi) is 9.51. The van der Waals surface area contributed by atoms with Gasteiger partial charge in [-0.1, -0.05) is 72.3 Å². The van der Waals surface area contributed by atoms with Gasteiger partial charge in [0.1, 0.15) is 11.5 Å². The Morgan fingerprint density at radius 3 is 2.23 bits per heavy atom. The molecule has 6 nitrogen and oxygen atoms in total. The highest BCUT2D eigenvalue weighted by Gasteiger charge is 2.16. The van der Waals surface area contributed by atoms with Crippen molar-refractivity contribution in [3.63, 3.8) is 0 Å². The zero-order valence-electron chi connectivity index (χ0n) is 22.6. The number of rotatable bonds is 9. The summed E-state index contributed by atoms with van der Waals surface area (Å²) >= 11 is 7.07. The van der Waals surface area contributed by atoms with Crippen molar-refractivity contribution in [1.82, 2.24) is 5.32 Å². The van der Waals surface area contributed by atoms with Gasteiger partial charge in [0, 0.05) is 21.8 Å².